The van der Waals surface area contributed by atoms with Crippen LogP contribution in [-0.2, 0) is 14.4 Å². The molecule has 10 heteroatoms. The van der Waals surface area contributed by atoms with E-state index in [1.165, 1.54) is 17.9 Å². The van der Waals surface area contributed by atoms with Gasteiger partial charge in [-0.2, -0.15) is 0 Å². The lowest BCUT2D eigenvalue weighted by Crippen LogP contribution is -2.33. The van der Waals surface area contributed by atoms with Crippen molar-refractivity contribution in [2.75, 3.05) is 63.2 Å². The SMILES string of the molecule is CC(=O)NC[C@H]1CN(c2ccc(N3C[C@@H]4C(/C=N/OCCN(C)C)[C@@H]4C3)c(F)c2)C(=O)O1. The molecule has 1 N–H and O–H groups in total. The zero-order valence-corrected chi connectivity index (χ0v) is 18.7. The number of fused-ring (bicyclic) bond motifs is 1. The summed E-state index contributed by atoms with van der Waals surface area (Å²) in [5.41, 5.74) is 0.993. The van der Waals surface area contributed by atoms with Crippen LogP contribution in [0.4, 0.5) is 20.6 Å². The largest absolute Gasteiger partial charge is 0.442 e. The van der Waals surface area contributed by atoms with Gasteiger partial charge in [-0.05, 0) is 44.1 Å². The first-order chi connectivity index (χ1) is 15.3. The van der Waals surface area contributed by atoms with E-state index < -0.39 is 12.2 Å². The number of ether oxygens (including phenoxy) is 1. The monoisotopic (exact) mass is 447 g/mol. The van der Waals surface area contributed by atoms with Crippen molar-refractivity contribution in [3.63, 3.8) is 0 Å². The fraction of sp³-hybridized carbons (Fsp3) is 0.591. The van der Waals surface area contributed by atoms with E-state index in [4.69, 9.17) is 9.57 Å². The van der Waals surface area contributed by atoms with Gasteiger partial charge in [0.15, 0.2) is 0 Å². The number of piperidine rings is 1. The number of cyclic esters (lactones) is 1. The van der Waals surface area contributed by atoms with Crippen LogP contribution in [0.3, 0.4) is 0 Å². The highest BCUT2D eigenvalue weighted by atomic mass is 19.1. The van der Waals surface area contributed by atoms with E-state index in [1.807, 2.05) is 30.1 Å². The van der Waals surface area contributed by atoms with Gasteiger partial charge < -0.3 is 24.7 Å². The van der Waals surface area contributed by atoms with Gasteiger partial charge in [0.25, 0.3) is 0 Å². The van der Waals surface area contributed by atoms with Gasteiger partial charge >= 0.3 is 6.09 Å². The van der Waals surface area contributed by atoms with Crippen LogP contribution in [0.2, 0.25) is 0 Å². The maximum Gasteiger partial charge on any atom is 0.414 e. The molecular weight excluding hydrogens is 417 g/mol. The zero-order chi connectivity index (χ0) is 22.8. The average Bonchev–Trinajstić information content (AvgIpc) is 3.05. The third kappa shape index (κ3) is 4.95. The number of amides is 2. The van der Waals surface area contributed by atoms with E-state index in [0.717, 1.165) is 19.6 Å². The number of nitrogens with zero attached hydrogens (tertiary/aromatic N) is 4. The number of rotatable bonds is 9. The number of benzene rings is 1. The Hall–Kier alpha value is -2.88. The summed E-state index contributed by atoms with van der Waals surface area (Å²) in [6.07, 6.45) is 0.896. The summed E-state index contributed by atoms with van der Waals surface area (Å²) < 4.78 is 20.2. The third-order valence-electron chi connectivity index (χ3n) is 6.23. The molecule has 9 nitrogen and oxygen atoms in total. The standard InChI is InChI=1S/C22H30FN5O4/c1-14(29)24-9-16-11-28(22(30)32-16)15-4-5-21(20(23)8-15)27-12-18-17(19(18)13-27)10-25-31-7-6-26(2)3/h4-5,8,10,16-19H,6-7,9,11-13H2,1-3H3,(H,24,29)/b25-10+/t16-,17?,18-,19+/m0/s1. The minimum atomic E-state index is -0.537. The first-order valence-corrected chi connectivity index (χ1v) is 10.9. The lowest BCUT2D eigenvalue weighted by atomic mass is 10.2. The average molecular weight is 448 g/mol. The van der Waals surface area contributed by atoms with Crippen LogP contribution in [0, 0.1) is 23.6 Å². The second-order valence-corrected chi connectivity index (χ2v) is 8.89. The molecule has 174 valence electrons. The summed E-state index contributed by atoms with van der Waals surface area (Å²) in [6.45, 7) is 4.85. The molecule has 32 heavy (non-hydrogen) atoms. The highest BCUT2D eigenvalue weighted by Crippen LogP contribution is 2.51. The number of halogens is 1. The highest BCUT2D eigenvalue weighted by molar-refractivity contribution is 5.90. The maximum atomic E-state index is 14.9. The molecule has 0 spiro atoms. The molecule has 2 heterocycles. The van der Waals surface area contributed by atoms with Gasteiger partial charge in [-0.25, -0.2) is 9.18 Å². The zero-order valence-electron chi connectivity index (χ0n) is 18.7. The third-order valence-corrected chi connectivity index (χ3v) is 6.23. The molecule has 0 bridgehead atoms. The van der Waals surface area contributed by atoms with Gasteiger partial charge in [-0.15, -0.1) is 0 Å². The Bertz CT molecular complexity index is 883. The van der Waals surface area contributed by atoms with Gasteiger partial charge in [0, 0.05) is 38.7 Å². The molecular formula is C22H30FN5O4. The van der Waals surface area contributed by atoms with E-state index in [0.29, 0.717) is 35.7 Å². The lowest BCUT2D eigenvalue weighted by molar-refractivity contribution is -0.119. The van der Waals surface area contributed by atoms with Crippen molar-refractivity contribution in [2.24, 2.45) is 22.9 Å². The summed E-state index contributed by atoms with van der Waals surface area (Å²) in [4.78, 5) is 34.0. The number of hydrogen-bond acceptors (Lipinski definition) is 7. The first kappa shape index (κ1) is 22.3. The number of anilines is 2. The van der Waals surface area contributed by atoms with Crippen molar-refractivity contribution >= 4 is 29.6 Å². The van der Waals surface area contributed by atoms with Crippen LogP contribution in [0.15, 0.2) is 23.4 Å². The second-order valence-electron chi connectivity index (χ2n) is 8.89. The molecule has 1 unspecified atom stereocenters. The normalized spacial score (nSPS) is 26.6. The van der Waals surface area contributed by atoms with E-state index in [2.05, 4.69) is 10.5 Å². The van der Waals surface area contributed by atoms with Gasteiger partial charge in [0.2, 0.25) is 5.91 Å². The molecule has 0 radical (unpaired) electrons. The number of hydrogen-bond donors (Lipinski definition) is 1. The molecule has 2 saturated heterocycles. The van der Waals surface area contributed by atoms with Crippen molar-refractivity contribution in [2.45, 2.75) is 13.0 Å². The fourth-order valence-electron chi connectivity index (χ4n) is 4.40. The lowest BCUT2D eigenvalue weighted by Gasteiger charge is -2.23. The topological polar surface area (TPSA) is 86.7 Å². The number of carbonyl (C=O) groups is 2. The predicted molar refractivity (Wildman–Crippen MR) is 118 cm³/mol. The smallest absolute Gasteiger partial charge is 0.414 e. The van der Waals surface area contributed by atoms with E-state index in [9.17, 15) is 14.0 Å². The Morgan fingerprint density at radius 1 is 1.34 bits per heavy atom. The number of carbonyl (C=O) groups excluding carboxylic acids is 2. The Morgan fingerprint density at radius 3 is 2.75 bits per heavy atom. The predicted octanol–water partition coefficient (Wildman–Crippen LogP) is 1.53. The fourth-order valence-corrected chi connectivity index (χ4v) is 4.40. The molecule has 4 rings (SSSR count). The Kier molecular flexibility index (Phi) is 6.50. The van der Waals surface area contributed by atoms with Crippen molar-refractivity contribution in [3.8, 4) is 0 Å². The summed E-state index contributed by atoms with van der Waals surface area (Å²) in [7, 11) is 3.97. The molecule has 1 aromatic carbocycles. The van der Waals surface area contributed by atoms with E-state index >= 15 is 0 Å². The number of nitrogens with one attached hydrogen (secondary N) is 1. The van der Waals surface area contributed by atoms with Gasteiger partial charge in [0.1, 0.15) is 18.5 Å². The molecule has 3 fully saturated rings. The minimum absolute atomic E-state index is 0.191. The van der Waals surface area contributed by atoms with Crippen LogP contribution in [0.25, 0.3) is 0 Å². The quantitative estimate of drug-likeness (QED) is 0.351. The summed E-state index contributed by atoms with van der Waals surface area (Å²) in [6, 6.07) is 4.83. The maximum absolute atomic E-state index is 14.9. The van der Waals surface area contributed by atoms with Crippen LogP contribution in [0.5, 0.6) is 0 Å². The number of oxime groups is 1. The summed E-state index contributed by atoms with van der Waals surface area (Å²) in [5.74, 6) is 0.785. The van der Waals surface area contributed by atoms with Crippen LogP contribution >= 0.6 is 0 Å². The molecule has 3 aliphatic rings. The van der Waals surface area contributed by atoms with Crippen molar-refractivity contribution in [1.29, 1.82) is 0 Å². The molecule has 1 aromatic rings. The molecule has 2 aliphatic heterocycles. The first-order valence-electron chi connectivity index (χ1n) is 10.9. The molecule has 0 aromatic heterocycles. The van der Waals surface area contributed by atoms with E-state index in [1.54, 1.807) is 12.1 Å². The Balaban J connectivity index is 1.29. The molecule has 1 saturated carbocycles. The van der Waals surface area contributed by atoms with Crippen molar-refractivity contribution in [1.82, 2.24) is 10.2 Å². The van der Waals surface area contributed by atoms with Gasteiger partial charge in [-0.3, -0.25) is 9.69 Å². The van der Waals surface area contributed by atoms with Gasteiger partial charge in [0.05, 0.1) is 24.5 Å². The Labute approximate surface area is 187 Å². The molecule has 4 atom stereocenters. The van der Waals surface area contributed by atoms with Crippen LogP contribution in [0.1, 0.15) is 6.92 Å². The summed E-state index contributed by atoms with van der Waals surface area (Å²) >= 11 is 0. The van der Waals surface area contributed by atoms with Crippen molar-refractivity contribution < 1.29 is 23.6 Å². The van der Waals surface area contributed by atoms with Crippen molar-refractivity contribution in [3.05, 3.63) is 24.0 Å². The molecule has 1 aliphatic carbocycles. The Morgan fingerprint density at radius 2 is 2.09 bits per heavy atom. The van der Waals surface area contributed by atoms with Crippen LogP contribution in [-0.4, -0.2) is 82.6 Å². The van der Waals surface area contributed by atoms with Gasteiger partial charge in [-0.1, -0.05) is 5.16 Å². The second kappa shape index (κ2) is 9.32. The summed E-state index contributed by atoms with van der Waals surface area (Å²) in [5, 5.41) is 6.71. The number of likely N-dealkylation sites (N-methyl/N-ethyl adjacent to an activating group) is 1. The van der Waals surface area contributed by atoms with Crippen LogP contribution < -0.4 is 15.1 Å². The minimum Gasteiger partial charge on any atom is -0.442 e. The van der Waals surface area contributed by atoms with E-state index in [-0.39, 0.29) is 24.8 Å². The molecule has 2 amide bonds. The highest BCUT2D eigenvalue weighted by Gasteiger charge is 2.55.